The topological polar surface area (TPSA) is 134 Å². The molecule has 0 aliphatic carbocycles. The van der Waals surface area contributed by atoms with E-state index in [0.717, 1.165) is 31.2 Å². The summed E-state index contributed by atoms with van der Waals surface area (Å²) in [5.41, 5.74) is 0.938. The van der Waals surface area contributed by atoms with Gasteiger partial charge in [0.1, 0.15) is 18.7 Å². The number of hydrogen-bond donors (Lipinski definition) is 4. The molecule has 4 N–H and O–H groups in total. The van der Waals surface area contributed by atoms with E-state index in [9.17, 15) is 24.3 Å². The Bertz CT molecular complexity index is 828. The van der Waals surface area contributed by atoms with E-state index in [1.54, 1.807) is 0 Å². The van der Waals surface area contributed by atoms with Crippen LogP contribution in [0.2, 0.25) is 0 Å². The Morgan fingerprint density at radius 1 is 0.811 bits per heavy atom. The average molecular weight is 520 g/mol. The maximum atomic E-state index is 12.7. The number of hydrogen-bond acceptors (Lipinski definition) is 5. The van der Waals surface area contributed by atoms with Crippen molar-refractivity contribution in [3.63, 3.8) is 0 Å². The second-order valence-electron chi connectivity index (χ2n) is 10.3. The van der Waals surface area contributed by atoms with Crippen LogP contribution in [0.1, 0.15) is 84.6 Å². The smallest absolute Gasteiger partial charge is 0.407 e. The molecule has 208 valence electrons. The van der Waals surface area contributed by atoms with Gasteiger partial charge in [0.05, 0.1) is 0 Å². The van der Waals surface area contributed by atoms with Crippen LogP contribution in [0.4, 0.5) is 4.79 Å². The number of aliphatic carboxylic acids is 1. The van der Waals surface area contributed by atoms with Crippen molar-refractivity contribution < 1.29 is 29.0 Å². The van der Waals surface area contributed by atoms with Gasteiger partial charge in [-0.2, -0.15) is 0 Å². The van der Waals surface area contributed by atoms with E-state index >= 15 is 0 Å². The average Bonchev–Trinajstić information content (AvgIpc) is 2.83. The van der Waals surface area contributed by atoms with Gasteiger partial charge in [0.25, 0.3) is 0 Å². The Morgan fingerprint density at radius 3 is 2.03 bits per heavy atom. The molecule has 0 spiro atoms. The van der Waals surface area contributed by atoms with Crippen molar-refractivity contribution in [3.05, 3.63) is 35.9 Å². The van der Waals surface area contributed by atoms with Gasteiger partial charge < -0.3 is 25.8 Å². The molecule has 1 rings (SSSR count). The lowest BCUT2D eigenvalue weighted by Crippen LogP contribution is -2.52. The Balaban J connectivity index is 2.24. The van der Waals surface area contributed by atoms with Gasteiger partial charge in [-0.05, 0) is 43.1 Å². The molecule has 0 unspecified atom stereocenters. The number of unbranched alkanes of at least 4 members (excludes halogenated alkanes) is 4. The number of carbonyl (C=O) groups excluding carboxylic acids is 3. The van der Waals surface area contributed by atoms with E-state index in [2.05, 4.69) is 16.0 Å². The zero-order chi connectivity index (χ0) is 27.6. The number of rotatable bonds is 18. The number of ether oxygens (including phenoxy) is 1. The van der Waals surface area contributed by atoms with Crippen molar-refractivity contribution in [1.82, 2.24) is 16.0 Å². The predicted octanol–water partition coefficient (Wildman–Crippen LogP) is 4.40. The molecule has 0 bridgehead atoms. The zero-order valence-electron chi connectivity index (χ0n) is 22.8. The first-order valence-corrected chi connectivity index (χ1v) is 13.4. The highest BCUT2D eigenvalue weighted by atomic mass is 16.5. The molecular weight excluding hydrogens is 474 g/mol. The van der Waals surface area contributed by atoms with Crippen molar-refractivity contribution >= 4 is 23.9 Å². The molecule has 0 aliphatic rings. The monoisotopic (exact) mass is 519 g/mol. The summed E-state index contributed by atoms with van der Waals surface area (Å²) in [6.45, 7) is 8.47. The van der Waals surface area contributed by atoms with E-state index in [0.29, 0.717) is 32.2 Å². The second kappa shape index (κ2) is 18.2. The fraction of sp³-hybridized carbons (Fsp3) is 0.643. The van der Waals surface area contributed by atoms with Gasteiger partial charge in [-0.25, -0.2) is 9.59 Å². The summed E-state index contributed by atoms with van der Waals surface area (Å²) in [7, 11) is 0. The lowest BCUT2D eigenvalue weighted by atomic mass is 10.0. The summed E-state index contributed by atoms with van der Waals surface area (Å²) >= 11 is 0. The van der Waals surface area contributed by atoms with Crippen molar-refractivity contribution in [2.45, 2.75) is 97.8 Å². The summed E-state index contributed by atoms with van der Waals surface area (Å²) in [4.78, 5) is 48.4. The predicted molar refractivity (Wildman–Crippen MR) is 143 cm³/mol. The van der Waals surface area contributed by atoms with E-state index in [-0.39, 0.29) is 24.3 Å². The third-order valence-electron chi connectivity index (χ3n) is 5.74. The number of amides is 3. The summed E-state index contributed by atoms with van der Waals surface area (Å²) in [5.74, 6) is -1.46. The van der Waals surface area contributed by atoms with Crippen molar-refractivity contribution in [2.75, 3.05) is 6.54 Å². The van der Waals surface area contributed by atoms with E-state index < -0.39 is 30.1 Å². The first kappa shape index (κ1) is 31.9. The molecule has 0 aliphatic heterocycles. The first-order valence-electron chi connectivity index (χ1n) is 13.4. The Kier molecular flexibility index (Phi) is 15.7. The number of carbonyl (C=O) groups is 4. The van der Waals surface area contributed by atoms with Crippen LogP contribution in [0.25, 0.3) is 0 Å². The minimum Gasteiger partial charge on any atom is -0.480 e. The van der Waals surface area contributed by atoms with Crippen LogP contribution in [-0.2, 0) is 25.7 Å². The maximum absolute atomic E-state index is 12.7. The van der Waals surface area contributed by atoms with Crippen LogP contribution in [0.3, 0.4) is 0 Å². The fourth-order valence-electron chi connectivity index (χ4n) is 3.84. The Morgan fingerprint density at radius 2 is 1.41 bits per heavy atom. The minimum atomic E-state index is -1.07. The minimum absolute atomic E-state index is 0.115. The molecular formula is C28H45N3O6. The summed E-state index contributed by atoms with van der Waals surface area (Å²) in [6.07, 6.45) is 4.87. The van der Waals surface area contributed by atoms with Gasteiger partial charge in [0.2, 0.25) is 11.8 Å². The zero-order valence-corrected chi connectivity index (χ0v) is 22.8. The Labute approximate surface area is 221 Å². The lowest BCUT2D eigenvalue weighted by molar-refractivity contribution is -0.142. The molecule has 2 atom stereocenters. The van der Waals surface area contributed by atoms with Crippen LogP contribution in [0, 0.1) is 11.8 Å². The van der Waals surface area contributed by atoms with E-state index in [1.165, 1.54) is 0 Å². The highest BCUT2D eigenvalue weighted by Crippen LogP contribution is 2.10. The van der Waals surface area contributed by atoms with Crippen LogP contribution in [0.5, 0.6) is 0 Å². The van der Waals surface area contributed by atoms with Crippen LogP contribution in [-0.4, -0.2) is 47.6 Å². The highest BCUT2D eigenvalue weighted by molar-refractivity contribution is 5.90. The quantitative estimate of drug-likeness (QED) is 0.212. The van der Waals surface area contributed by atoms with Gasteiger partial charge in [0.15, 0.2) is 0 Å². The molecule has 0 fully saturated rings. The third-order valence-corrected chi connectivity index (χ3v) is 5.74. The highest BCUT2D eigenvalue weighted by Gasteiger charge is 2.27. The standard InChI is InChI=1S/C28H45N3O6/c1-20(2)17-23(26(33)31-24(27(34)35)18-21(3)4)30-25(32)15-11-6-5-7-12-16-29-28(36)37-19-22-13-9-8-10-14-22/h8-10,13-14,20-21,23-24H,5-7,11-12,15-19H2,1-4H3,(H,29,36)(H,30,32)(H,31,33)(H,34,35)/t23-,24-/m0/s1. The lowest BCUT2D eigenvalue weighted by Gasteiger charge is -2.23. The molecule has 9 nitrogen and oxygen atoms in total. The van der Waals surface area contributed by atoms with Gasteiger partial charge >= 0.3 is 12.1 Å². The van der Waals surface area contributed by atoms with E-state index in [1.807, 2.05) is 58.0 Å². The fourth-order valence-corrected chi connectivity index (χ4v) is 3.84. The third kappa shape index (κ3) is 15.6. The second-order valence-corrected chi connectivity index (χ2v) is 10.3. The molecule has 0 aromatic heterocycles. The number of benzene rings is 1. The molecule has 1 aromatic carbocycles. The first-order chi connectivity index (χ1) is 17.6. The number of carboxylic acids is 1. The van der Waals surface area contributed by atoms with Gasteiger partial charge in [-0.1, -0.05) is 77.3 Å². The SMILES string of the molecule is CC(C)C[C@H](NC(=O)[C@H](CC(C)C)NC(=O)CCCCCCCNC(=O)OCc1ccccc1)C(=O)O. The summed E-state index contributed by atoms with van der Waals surface area (Å²) in [6, 6.07) is 7.77. The van der Waals surface area contributed by atoms with E-state index in [4.69, 9.17) is 4.74 Å². The van der Waals surface area contributed by atoms with Crippen molar-refractivity contribution in [2.24, 2.45) is 11.8 Å². The van der Waals surface area contributed by atoms with Crippen LogP contribution in [0.15, 0.2) is 30.3 Å². The molecule has 37 heavy (non-hydrogen) atoms. The number of alkyl carbamates (subject to hydrolysis) is 1. The summed E-state index contributed by atoms with van der Waals surface area (Å²) in [5, 5.41) is 17.5. The molecule has 9 heteroatoms. The van der Waals surface area contributed by atoms with Crippen LogP contribution >= 0.6 is 0 Å². The Hall–Kier alpha value is -3.10. The molecule has 0 radical (unpaired) electrons. The molecule has 1 aromatic rings. The normalized spacial score (nSPS) is 12.6. The number of carboxylic acid groups (broad SMARTS) is 1. The van der Waals surface area contributed by atoms with Crippen molar-refractivity contribution in [3.8, 4) is 0 Å². The maximum Gasteiger partial charge on any atom is 0.407 e. The largest absolute Gasteiger partial charge is 0.480 e. The molecule has 0 saturated carbocycles. The van der Waals surface area contributed by atoms with Gasteiger partial charge in [-0.3, -0.25) is 9.59 Å². The van der Waals surface area contributed by atoms with Gasteiger partial charge in [0, 0.05) is 13.0 Å². The number of nitrogens with one attached hydrogen (secondary N) is 3. The van der Waals surface area contributed by atoms with Gasteiger partial charge in [-0.15, -0.1) is 0 Å². The molecule has 0 heterocycles. The van der Waals surface area contributed by atoms with Crippen LogP contribution < -0.4 is 16.0 Å². The van der Waals surface area contributed by atoms with Crippen molar-refractivity contribution in [1.29, 1.82) is 0 Å². The molecule has 3 amide bonds. The molecule has 0 saturated heterocycles. The summed E-state index contributed by atoms with van der Waals surface area (Å²) < 4.78 is 5.17.